The first-order chi connectivity index (χ1) is 7.06. The summed E-state index contributed by atoms with van der Waals surface area (Å²) in [5.74, 6) is 0.408. The number of aliphatic carboxylic acids is 1. The maximum absolute atomic E-state index is 11.5. The molecule has 0 aromatic carbocycles. The third kappa shape index (κ3) is 1.51. The molecule has 0 aromatic heterocycles. The smallest absolute Gasteiger partial charge is 0.310 e. The van der Waals surface area contributed by atoms with Gasteiger partial charge in [-0.15, -0.1) is 0 Å². The van der Waals surface area contributed by atoms with Crippen molar-refractivity contribution >= 4 is 5.97 Å². The van der Waals surface area contributed by atoms with Crippen LogP contribution in [0.15, 0.2) is 12.2 Å². The standard InChI is InChI=1S/C13H20O2/c1-9-7-8-10-5-3-4-6-11(10)13(9,2)12(14)15/h7-11H,3-6H2,1-2H3,(H,14,15)/t9-,10+,11-,13-/m1/s1. The Labute approximate surface area is 91.4 Å². The van der Waals surface area contributed by atoms with Gasteiger partial charge in [0.25, 0.3) is 0 Å². The minimum Gasteiger partial charge on any atom is -0.481 e. The van der Waals surface area contributed by atoms with Gasteiger partial charge in [-0.25, -0.2) is 0 Å². The van der Waals surface area contributed by atoms with Crippen LogP contribution >= 0.6 is 0 Å². The molecule has 0 spiro atoms. The van der Waals surface area contributed by atoms with Crippen LogP contribution in [0.2, 0.25) is 0 Å². The van der Waals surface area contributed by atoms with Crippen LogP contribution in [0.4, 0.5) is 0 Å². The van der Waals surface area contributed by atoms with Crippen molar-refractivity contribution in [2.75, 3.05) is 0 Å². The van der Waals surface area contributed by atoms with Gasteiger partial charge in [0.2, 0.25) is 0 Å². The normalized spacial score (nSPS) is 44.8. The van der Waals surface area contributed by atoms with Crippen molar-refractivity contribution in [3.8, 4) is 0 Å². The number of rotatable bonds is 1. The Morgan fingerprint density at radius 3 is 2.67 bits per heavy atom. The Kier molecular flexibility index (Phi) is 2.61. The largest absolute Gasteiger partial charge is 0.481 e. The van der Waals surface area contributed by atoms with Gasteiger partial charge in [0, 0.05) is 0 Å². The van der Waals surface area contributed by atoms with Gasteiger partial charge >= 0.3 is 5.97 Å². The number of fused-ring (bicyclic) bond motifs is 1. The van der Waals surface area contributed by atoms with E-state index in [1.165, 1.54) is 19.3 Å². The molecule has 2 aliphatic carbocycles. The molecule has 84 valence electrons. The number of allylic oxidation sites excluding steroid dienone is 2. The summed E-state index contributed by atoms with van der Waals surface area (Å²) in [6.45, 7) is 3.97. The molecule has 2 aliphatic rings. The van der Waals surface area contributed by atoms with E-state index in [2.05, 4.69) is 12.2 Å². The highest BCUT2D eigenvalue weighted by Gasteiger charge is 2.50. The van der Waals surface area contributed by atoms with Gasteiger partial charge in [0.15, 0.2) is 0 Å². The fourth-order valence-corrected chi connectivity index (χ4v) is 3.33. The van der Waals surface area contributed by atoms with Gasteiger partial charge in [0.1, 0.15) is 0 Å². The van der Waals surface area contributed by atoms with Crippen molar-refractivity contribution in [1.29, 1.82) is 0 Å². The zero-order valence-electron chi connectivity index (χ0n) is 9.57. The second kappa shape index (κ2) is 3.66. The van der Waals surface area contributed by atoms with Crippen molar-refractivity contribution in [1.82, 2.24) is 0 Å². The third-order valence-corrected chi connectivity index (χ3v) is 4.64. The highest BCUT2D eigenvalue weighted by molar-refractivity contribution is 5.75. The average Bonchev–Trinajstić information content (AvgIpc) is 2.23. The Morgan fingerprint density at radius 2 is 2.00 bits per heavy atom. The average molecular weight is 208 g/mol. The topological polar surface area (TPSA) is 37.3 Å². The van der Waals surface area contributed by atoms with Gasteiger partial charge < -0.3 is 5.11 Å². The zero-order chi connectivity index (χ0) is 11.1. The lowest BCUT2D eigenvalue weighted by Crippen LogP contribution is -2.47. The van der Waals surface area contributed by atoms with E-state index in [0.29, 0.717) is 11.8 Å². The molecule has 1 N–H and O–H groups in total. The van der Waals surface area contributed by atoms with E-state index in [4.69, 9.17) is 0 Å². The molecule has 1 saturated carbocycles. The molecule has 4 atom stereocenters. The quantitative estimate of drug-likeness (QED) is 0.672. The Morgan fingerprint density at radius 1 is 1.33 bits per heavy atom. The van der Waals surface area contributed by atoms with E-state index in [0.717, 1.165) is 6.42 Å². The minimum absolute atomic E-state index is 0.161. The molecule has 2 nitrogen and oxygen atoms in total. The van der Waals surface area contributed by atoms with Crippen LogP contribution in [0.3, 0.4) is 0 Å². The molecule has 2 rings (SSSR count). The first-order valence-electron chi connectivity index (χ1n) is 5.98. The summed E-state index contributed by atoms with van der Waals surface area (Å²) in [6.07, 6.45) is 9.10. The predicted octanol–water partition coefficient (Wildman–Crippen LogP) is 3.09. The van der Waals surface area contributed by atoms with Crippen LogP contribution in [-0.4, -0.2) is 11.1 Å². The molecule has 2 heteroatoms. The molecule has 0 unspecified atom stereocenters. The Bertz CT molecular complexity index is 295. The highest BCUT2D eigenvalue weighted by atomic mass is 16.4. The molecule has 0 bridgehead atoms. The fourth-order valence-electron chi connectivity index (χ4n) is 3.33. The number of hydrogen-bond acceptors (Lipinski definition) is 1. The molecule has 0 heterocycles. The van der Waals surface area contributed by atoms with Crippen molar-refractivity contribution in [2.45, 2.75) is 39.5 Å². The van der Waals surface area contributed by atoms with Crippen LogP contribution in [0.1, 0.15) is 39.5 Å². The molecular weight excluding hydrogens is 188 g/mol. The summed E-state index contributed by atoms with van der Waals surface area (Å²) in [5, 5.41) is 9.47. The second-order valence-corrected chi connectivity index (χ2v) is 5.32. The van der Waals surface area contributed by atoms with Crippen LogP contribution in [0.25, 0.3) is 0 Å². The summed E-state index contributed by atoms with van der Waals surface area (Å²) in [5.41, 5.74) is -0.542. The molecule has 15 heavy (non-hydrogen) atoms. The number of carboxylic acids is 1. The summed E-state index contributed by atoms with van der Waals surface area (Å²) < 4.78 is 0. The molecule has 0 saturated heterocycles. The molecule has 0 radical (unpaired) electrons. The van der Waals surface area contributed by atoms with Crippen LogP contribution in [-0.2, 0) is 4.79 Å². The SMILES string of the molecule is C[C@@H]1C=C[C@@H]2CCCC[C@H]2[C@]1(C)C(=O)O. The summed E-state index contributed by atoms with van der Waals surface area (Å²) in [6, 6.07) is 0. The van der Waals surface area contributed by atoms with E-state index in [1.807, 2.05) is 13.8 Å². The summed E-state index contributed by atoms with van der Waals surface area (Å²) in [7, 11) is 0. The van der Waals surface area contributed by atoms with E-state index in [1.54, 1.807) is 0 Å². The van der Waals surface area contributed by atoms with Crippen molar-refractivity contribution < 1.29 is 9.90 Å². The minimum atomic E-state index is -0.615. The van der Waals surface area contributed by atoms with Gasteiger partial charge in [-0.05, 0) is 37.5 Å². The second-order valence-electron chi connectivity index (χ2n) is 5.32. The number of carboxylic acid groups (broad SMARTS) is 1. The summed E-state index contributed by atoms with van der Waals surface area (Å²) in [4.78, 5) is 11.5. The molecular formula is C13H20O2. The molecule has 1 fully saturated rings. The maximum atomic E-state index is 11.5. The molecule has 0 amide bonds. The van der Waals surface area contributed by atoms with Crippen molar-refractivity contribution in [3.63, 3.8) is 0 Å². The van der Waals surface area contributed by atoms with E-state index >= 15 is 0 Å². The fraction of sp³-hybridized carbons (Fsp3) is 0.769. The lowest BCUT2D eigenvalue weighted by molar-refractivity contribution is -0.157. The van der Waals surface area contributed by atoms with Crippen LogP contribution in [0, 0.1) is 23.2 Å². The van der Waals surface area contributed by atoms with Gasteiger partial charge in [-0.2, -0.15) is 0 Å². The zero-order valence-corrected chi connectivity index (χ0v) is 9.57. The Hall–Kier alpha value is -0.790. The first kappa shape index (κ1) is 10.7. The van der Waals surface area contributed by atoms with Crippen LogP contribution in [0.5, 0.6) is 0 Å². The van der Waals surface area contributed by atoms with E-state index < -0.39 is 11.4 Å². The molecule has 0 aromatic rings. The Balaban J connectivity index is 2.35. The monoisotopic (exact) mass is 208 g/mol. The lowest BCUT2D eigenvalue weighted by Gasteiger charge is -2.46. The van der Waals surface area contributed by atoms with Crippen LogP contribution < -0.4 is 0 Å². The third-order valence-electron chi connectivity index (χ3n) is 4.64. The van der Waals surface area contributed by atoms with Gasteiger partial charge in [-0.3, -0.25) is 4.79 Å². The number of hydrogen-bond donors (Lipinski definition) is 1. The van der Waals surface area contributed by atoms with E-state index in [9.17, 15) is 9.90 Å². The van der Waals surface area contributed by atoms with Crippen molar-refractivity contribution in [3.05, 3.63) is 12.2 Å². The van der Waals surface area contributed by atoms with Gasteiger partial charge in [0.05, 0.1) is 5.41 Å². The maximum Gasteiger partial charge on any atom is 0.310 e. The van der Waals surface area contributed by atoms with Crippen molar-refractivity contribution in [2.24, 2.45) is 23.2 Å². The summed E-state index contributed by atoms with van der Waals surface area (Å²) >= 11 is 0. The van der Waals surface area contributed by atoms with Gasteiger partial charge in [-0.1, -0.05) is 31.9 Å². The highest BCUT2D eigenvalue weighted by Crippen LogP contribution is 2.50. The first-order valence-corrected chi connectivity index (χ1v) is 5.98. The number of carbonyl (C=O) groups is 1. The predicted molar refractivity (Wildman–Crippen MR) is 59.5 cm³/mol. The molecule has 0 aliphatic heterocycles. The van der Waals surface area contributed by atoms with E-state index in [-0.39, 0.29) is 5.92 Å². The lowest BCUT2D eigenvalue weighted by atomic mass is 9.57.